The van der Waals surface area contributed by atoms with Crippen molar-refractivity contribution in [3.05, 3.63) is 82.9 Å². The number of nitrogens with zero attached hydrogens (tertiary/aromatic N) is 2. The molecule has 3 aromatic rings. The number of hydrogen-bond donors (Lipinski definition) is 6. The largest absolute Gasteiger partial charge is 0.347 e. The molecule has 6 N–H and O–H groups in total. The molecule has 2 aliphatic heterocycles. The Morgan fingerprint density at radius 1 is 0.576 bits per heavy atom. The molecule has 0 unspecified atom stereocenters. The number of nitrogens with one attached hydrogen (secondary N) is 6. The first-order valence-electron chi connectivity index (χ1n) is 24.4. The van der Waals surface area contributed by atoms with E-state index in [1.165, 1.54) is 11.1 Å². The van der Waals surface area contributed by atoms with Crippen molar-refractivity contribution in [1.82, 2.24) is 41.7 Å². The van der Waals surface area contributed by atoms with Crippen LogP contribution in [-0.2, 0) is 41.6 Å². The van der Waals surface area contributed by atoms with Gasteiger partial charge in [-0.2, -0.15) is 0 Å². The highest BCUT2D eigenvalue weighted by Crippen LogP contribution is 2.40. The third kappa shape index (κ3) is 10.3. The minimum atomic E-state index is -0.694. The number of fused-ring (bicyclic) bond motifs is 2. The van der Waals surface area contributed by atoms with Gasteiger partial charge in [0.1, 0.15) is 24.2 Å². The van der Waals surface area contributed by atoms with Gasteiger partial charge in [-0.15, -0.1) is 0 Å². The predicted octanol–water partition coefficient (Wildman–Crippen LogP) is 5.00. The van der Waals surface area contributed by atoms with Gasteiger partial charge in [-0.3, -0.25) is 28.8 Å². The van der Waals surface area contributed by atoms with E-state index >= 15 is 0 Å². The van der Waals surface area contributed by atoms with Gasteiger partial charge in [-0.05, 0) is 156 Å². The molecule has 6 amide bonds. The molecule has 14 heteroatoms. The number of hydrogen-bond acceptors (Lipinski definition) is 8. The fourth-order valence-electron chi connectivity index (χ4n) is 10.5. The lowest BCUT2D eigenvalue weighted by molar-refractivity contribution is -0.141. The first kappa shape index (κ1) is 48.3. The summed E-state index contributed by atoms with van der Waals surface area (Å²) in [7, 11) is 3.40. The van der Waals surface area contributed by atoms with Crippen LogP contribution in [0.15, 0.2) is 60.7 Å². The quantitative estimate of drug-likeness (QED) is 0.116. The zero-order valence-corrected chi connectivity index (χ0v) is 39.6. The van der Waals surface area contributed by atoms with Crippen molar-refractivity contribution in [2.75, 3.05) is 27.2 Å². The summed E-state index contributed by atoms with van der Waals surface area (Å²) >= 11 is 0. The van der Waals surface area contributed by atoms with Crippen LogP contribution in [0.3, 0.4) is 0 Å². The second kappa shape index (κ2) is 21.8. The Bertz CT molecular complexity index is 2130. The van der Waals surface area contributed by atoms with Gasteiger partial charge in [-0.1, -0.05) is 68.4 Å². The van der Waals surface area contributed by atoms with Crippen molar-refractivity contribution in [3.8, 4) is 22.3 Å². The van der Waals surface area contributed by atoms with E-state index in [2.05, 4.69) is 92.6 Å². The zero-order valence-electron chi connectivity index (χ0n) is 39.6. The Hall–Kier alpha value is -5.60. The Labute approximate surface area is 390 Å². The maximum Gasteiger partial charge on any atom is 0.245 e. The van der Waals surface area contributed by atoms with E-state index in [1.807, 2.05) is 13.8 Å². The highest BCUT2D eigenvalue weighted by Gasteiger charge is 2.40. The first-order valence-corrected chi connectivity index (χ1v) is 24.4. The molecule has 2 saturated heterocycles. The lowest BCUT2D eigenvalue weighted by atomic mass is 9.81. The summed E-state index contributed by atoms with van der Waals surface area (Å²) in [4.78, 5) is 84.1. The molecule has 354 valence electrons. The average Bonchev–Trinajstić information content (AvgIpc) is 4.05. The lowest BCUT2D eigenvalue weighted by Crippen LogP contribution is -2.55. The minimum Gasteiger partial charge on any atom is -0.347 e. The van der Waals surface area contributed by atoms with Crippen molar-refractivity contribution >= 4 is 35.4 Å². The van der Waals surface area contributed by atoms with E-state index in [9.17, 15) is 28.8 Å². The molecule has 0 spiro atoms. The van der Waals surface area contributed by atoms with Crippen LogP contribution < -0.4 is 31.9 Å². The van der Waals surface area contributed by atoms with Gasteiger partial charge < -0.3 is 41.7 Å². The Balaban J connectivity index is 1.06. The summed E-state index contributed by atoms with van der Waals surface area (Å²) in [5.74, 6) is -1.23. The number of carbonyl (C=O) groups is 6. The van der Waals surface area contributed by atoms with Crippen molar-refractivity contribution in [2.45, 2.75) is 153 Å². The Morgan fingerprint density at radius 3 is 1.38 bits per heavy atom. The smallest absolute Gasteiger partial charge is 0.245 e. The number of likely N-dealkylation sites (tertiary alicyclic amines) is 2. The second-order valence-corrected chi connectivity index (χ2v) is 18.6. The maximum absolute atomic E-state index is 14.0. The van der Waals surface area contributed by atoms with Crippen molar-refractivity contribution < 1.29 is 28.8 Å². The van der Waals surface area contributed by atoms with Gasteiger partial charge in [-0.25, -0.2) is 0 Å². The van der Waals surface area contributed by atoms with Gasteiger partial charge in [0.2, 0.25) is 35.4 Å². The van der Waals surface area contributed by atoms with E-state index in [4.69, 9.17) is 0 Å². The molecule has 4 aliphatic rings. The van der Waals surface area contributed by atoms with Gasteiger partial charge in [0, 0.05) is 13.1 Å². The normalized spacial score (nSPS) is 22.0. The van der Waals surface area contributed by atoms with Gasteiger partial charge in [0.15, 0.2) is 0 Å². The third-order valence-corrected chi connectivity index (χ3v) is 14.5. The molecule has 2 fully saturated rings. The summed E-state index contributed by atoms with van der Waals surface area (Å²) < 4.78 is 0. The molecule has 2 aliphatic carbocycles. The van der Waals surface area contributed by atoms with Gasteiger partial charge in [0.05, 0.1) is 24.2 Å². The number of likely N-dealkylation sites (N-methyl/N-ethyl adjacent to an activating group) is 2. The second-order valence-electron chi connectivity index (χ2n) is 18.6. The first-order chi connectivity index (χ1) is 31.9. The molecular weight excluding hydrogens is 833 g/mol. The van der Waals surface area contributed by atoms with Crippen LogP contribution in [0.5, 0.6) is 0 Å². The third-order valence-electron chi connectivity index (χ3n) is 14.5. The van der Waals surface area contributed by atoms with Crippen LogP contribution in [0.4, 0.5) is 0 Å². The van der Waals surface area contributed by atoms with E-state index < -0.39 is 36.3 Å². The molecule has 0 saturated carbocycles. The fourth-order valence-corrected chi connectivity index (χ4v) is 10.5. The highest BCUT2D eigenvalue weighted by molar-refractivity contribution is 5.95. The maximum atomic E-state index is 14.0. The number of benzene rings is 3. The Morgan fingerprint density at radius 2 is 0.985 bits per heavy atom. The van der Waals surface area contributed by atoms with Gasteiger partial charge in [0.25, 0.3) is 0 Å². The molecule has 8 atom stereocenters. The highest BCUT2D eigenvalue weighted by atomic mass is 16.2. The number of carbonyl (C=O) groups excluding carboxylic acids is 6. The summed E-state index contributed by atoms with van der Waals surface area (Å²) in [6.45, 7) is 8.19. The fraction of sp³-hybridized carbons (Fsp3) is 0.538. The summed E-state index contributed by atoms with van der Waals surface area (Å²) in [5.41, 5.74) is 9.09. The molecule has 3 aromatic carbocycles. The lowest BCUT2D eigenvalue weighted by Gasteiger charge is -2.32. The van der Waals surface area contributed by atoms with Crippen molar-refractivity contribution in [3.63, 3.8) is 0 Å². The molecular formula is C52H70N8O6. The van der Waals surface area contributed by atoms with Crippen molar-refractivity contribution in [2.24, 2.45) is 0 Å². The summed E-state index contributed by atoms with van der Waals surface area (Å²) in [6, 6.07) is 17.5. The number of rotatable bonds is 16. The SMILES string of the molecule is CC[C@H](NC(=O)[C@H](C)NC)C(=O)N1CCC[C@H]1C(=O)N[C@@H]1CCCc2c(-c3cccc(-c4cccc5c4CCC[C@H]5NC(=O)[C@@H]4CCCN4C(=O)[C@H](CC)NC(=O)[C@H](C)NC)c3)cccc21. The molecule has 0 aromatic heterocycles. The van der Waals surface area contributed by atoms with Crippen LogP contribution in [0.1, 0.15) is 126 Å². The molecule has 66 heavy (non-hydrogen) atoms. The van der Waals surface area contributed by atoms with Crippen molar-refractivity contribution in [1.29, 1.82) is 0 Å². The standard InChI is InChI=1S/C52H70N8O6/c1-7-41(55-47(61)31(3)53-5)51(65)59-28-14-26-45(59)49(63)57-43-24-12-20-37-35(18-10-22-39(37)43)33-16-9-17-34(30-33)36-19-11-23-40-38(36)21-13-25-44(40)58-50(64)46-27-15-29-60(46)52(66)42(8-2)56-48(62)32(4)54-6/h9-11,16-19,22-23,30-32,41-46,53-54H,7-8,12-15,20-21,24-29H2,1-6H3,(H,55,61)(H,56,62)(H,57,63)(H,58,64)/t31-,32-,41-,42-,43+,44+,45-,46-/m0/s1. The van der Waals surface area contributed by atoms with Crippen LogP contribution >= 0.6 is 0 Å². The monoisotopic (exact) mass is 903 g/mol. The molecule has 14 nitrogen and oxygen atoms in total. The molecule has 2 heterocycles. The average molecular weight is 903 g/mol. The predicted molar refractivity (Wildman–Crippen MR) is 256 cm³/mol. The van der Waals surface area contributed by atoms with Gasteiger partial charge >= 0.3 is 0 Å². The van der Waals surface area contributed by atoms with E-state index in [0.717, 1.165) is 84.7 Å². The molecule has 0 radical (unpaired) electrons. The molecule has 0 bridgehead atoms. The zero-order chi connectivity index (χ0) is 47.1. The Kier molecular flexibility index (Phi) is 16.0. The van der Waals surface area contributed by atoms with Crippen LogP contribution in [0, 0.1) is 0 Å². The summed E-state index contributed by atoms with van der Waals surface area (Å²) in [6.07, 6.45) is 8.67. The van der Waals surface area contributed by atoms with E-state index in [1.54, 1.807) is 37.7 Å². The minimum absolute atomic E-state index is 0.154. The number of amides is 6. The van der Waals surface area contributed by atoms with E-state index in [-0.39, 0.29) is 47.5 Å². The topological polar surface area (TPSA) is 181 Å². The van der Waals surface area contributed by atoms with Crippen LogP contribution in [-0.4, -0.2) is 109 Å². The van der Waals surface area contributed by atoms with Crippen LogP contribution in [0.2, 0.25) is 0 Å². The van der Waals surface area contributed by atoms with Crippen LogP contribution in [0.25, 0.3) is 22.3 Å². The molecule has 7 rings (SSSR count). The van der Waals surface area contributed by atoms with E-state index in [0.29, 0.717) is 38.8 Å². The summed E-state index contributed by atoms with van der Waals surface area (Å²) in [5, 5.41) is 18.3.